The van der Waals surface area contributed by atoms with E-state index in [1.54, 1.807) is 0 Å². The van der Waals surface area contributed by atoms with Gasteiger partial charge in [-0.1, -0.05) is 20.3 Å². The molecular weight excluding hydrogens is 178 g/mol. The molecule has 0 atom stereocenters. The smallest absolute Gasteiger partial charge is 0.246 e. The van der Waals surface area contributed by atoms with E-state index >= 15 is 0 Å². The van der Waals surface area contributed by atoms with Crippen molar-refractivity contribution in [2.75, 3.05) is 19.8 Å². The van der Waals surface area contributed by atoms with Gasteiger partial charge in [0.15, 0.2) is 0 Å². The molecule has 1 amide bonds. The molecule has 0 aromatic rings. The van der Waals surface area contributed by atoms with Crippen molar-refractivity contribution >= 4 is 5.91 Å². The second-order valence-electron chi connectivity index (χ2n) is 4.49. The molecule has 0 radical (unpaired) electrons. The van der Waals surface area contributed by atoms with Crippen LogP contribution in [0.1, 0.15) is 39.5 Å². The van der Waals surface area contributed by atoms with Crippen LogP contribution in [0.4, 0.5) is 0 Å². The molecule has 0 saturated heterocycles. The van der Waals surface area contributed by atoms with Gasteiger partial charge in [-0.15, -0.1) is 0 Å². The van der Waals surface area contributed by atoms with E-state index in [9.17, 15) is 4.79 Å². The Morgan fingerprint density at radius 3 is 2.71 bits per heavy atom. The molecule has 0 heterocycles. The second-order valence-corrected chi connectivity index (χ2v) is 4.49. The Labute approximate surface area is 86.2 Å². The van der Waals surface area contributed by atoms with Gasteiger partial charge in [0.1, 0.15) is 6.61 Å². The van der Waals surface area contributed by atoms with E-state index in [0.717, 1.165) is 13.0 Å². The summed E-state index contributed by atoms with van der Waals surface area (Å²) >= 11 is 0. The lowest BCUT2D eigenvalue weighted by molar-refractivity contribution is -0.126. The molecule has 1 rings (SSSR count). The molecule has 0 spiro atoms. The van der Waals surface area contributed by atoms with Crippen LogP contribution in [0.15, 0.2) is 0 Å². The predicted molar refractivity (Wildman–Crippen MR) is 56.1 cm³/mol. The zero-order valence-corrected chi connectivity index (χ0v) is 9.27. The Kier molecular flexibility index (Phi) is 4.39. The van der Waals surface area contributed by atoms with E-state index in [4.69, 9.17) is 4.74 Å². The summed E-state index contributed by atoms with van der Waals surface area (Å²) < 4.78 is 5.15. The highest BCUT2D eigenvalue weighted by Gasteiger charge is 2.31. The fraction of sp³-hybridized carbons (Fsp3) is 0.909. The van der Waals surface area contributed by atoms with Gasteiger partial charge in [-0.05, 0) is 24.7 Å². The number of amides is 1. The lowest BCUT2D eigenvalue weighted by Gasteiger charge is -2.38. The fourth-order valence-corrected chi connectivity index (χ4v) is 1.63. The number of hydrogen-bond donors (Lipinski definition) is 1. The van der Waals surface area contributed by atoms with Crippen LogP contribution in [0.25, 0.3) is 0 Å². The van der Waals surface area contributed by atoms with Crippen LogP contribution in [0.5, 0.6) is 0 Å². The fourth-order valence-electron chi connectivity index (χ4n) is 1.63. The number of ether oxygens (including phenoxy) is 1. The Hall–Kier alpha value is -0.570. The number of nitrogens with one attached hydrogen (secondary N) is 1. The number of carbonyl (C=O) groups is 1. The summed E-state index contributed by atoms with van der Waals surface area (Å²) in [5, 5.41) is 2.92. The lowest BCUT2D eigenvalue weighted by Crippen LogP contribution is -2.41. The van der Waals surface area contributed by atoms with Crippen molar-refractivity contribution in [3.63, 3.8) is 0 Å². The molecule has 1 N–H and O–H groups in total. The molecule has 3 nitrogen and oxygen atoms in total. The SMILES string of the molecule is CCCOCC(=O)NCC1(C)CCC1. The van der Waals surface area contributed by atoms with Gasteiger partial charge >= 0.3 is 0 Å². The van der Waals surface area contributed by atoms with Gasteiger partial charge < -0.3 is 10.1 Å². The molecule has 0 aromatic heterocycles. The van der Waals surface area contributed by atoms with E-state index in [1.807, 2.05) is 6.92 Å². The highest BCUT2D eigenvalue weighted by molar-refractivity contribution is 5.77. The van der Waals surface area contributed by atoms with E-state index in [2.05, 4.69) is 12.2 Å². The Morgan fingerprint density at radius 1 is 1.50 bits per heavy atom. The summed E-state index contributed by atoms with van der Waals surface area (Å²) in [5.74, 6) is 0.0200. The van der Waals surface area contributed by atoms with Crippen LogP contribution < -0.4 is 5.32 Å². The van der Waals surface area contributed by atoms with Gasteiger partial charge in [0.25, 0.3) is 0 Å². The van der Waals surface area contributed by atoms with Gasteiger partial charge in [0.2, 0.25) is 5.91 Å². The van der Waals surface area contributed by atoms with E-state index in [1.165, 1.54) is 19.3 Å². The average molecular weight is 199 g/mol. The first-order valence-electron chi connectivity index (χ1n) is 5.51. The molecule has 1 aliphatic rings. The summed E-state index contributed by atoms with van der Waals surface area (Å²) in [6.07, 6.45) is 4.75. The molecule has 0 aliphatic heterocycles. The molecule has 0 bridgehead atoms. The largest absolute Gasteiger partial charge is 0.372 e. The van der Waals surface area contributed by atoms with Crippen LogP contribution in [-0.4, -0.2) is 25.7 Å². The summed E-state index contributed by atoms with van der Waals surface area (Å²) in [7, 11) is 0. The average Bonchev–Trinajstić information content (AvgIpc) is 2.12. The standard InChI is InChI=1S/C11H21NO2/c1-3-7-14-8-10(13)12-9-11(2)5-4-6-11/h3-9H2,1-2H3,(H,12,13). The Balaban J connectivity index is 2.03. The lowest BCUT2D eigenvalue weighted by atomic mass is 9.70. The molecule has 14 heavy (non-hydrogen) atoms. The molecule has 82 valence electrons. The molecular formula is C11H21NO2. The van der Waals surface area contributed by atoms with Crippen LogP contribution in [0.3, 0.4) is 0 Å². The minimum Gasteiger partial charge on any atom is -0.372 e. The van der Waals surface area contributed by atoms with Crippen LogP contribution in [0, 0.1) is 5.41 Å². The maximum Gasteiger partial charge on any atom is 0.246 e. The minimum atomic E-state index is 0.0200. The quantitative estimate of drug-likeness (QED) is 0.661. The third-order valence-electron chi connectivity index (χ3n) is 2.85. The zero-order chi connectivity index (χ0) is 10.4. The maximum atomic E-state index is 11.3. The van der Waals surface area contributed by atoms with E-state index in [0.29, 0.717) is 12.0 Å². The van der Waals surface area contributed by atoms with E-state index in [-0.39, 0.29) is 12.5 Å². The van der Waals surface area contributed by atoms with Crippen molar-refractivity contribution < 1.29 is 9.53 Å². The Bertz CT molecular complexity index is 188. The first kappa shape index (κ1) is 11.5. The van der Waals surface area contributed by atoms with E-state index < -0.39 is 0 Å². The van der Waals surface area contributed by atoms with Crippen molar-refractivity contribution in [3.8, 4) is 0 Å². The first-order chi connectivity index (χ1) is 6.66. The molecule has 1 saturated carbocycles. The third kappa shape index (κ3) is 3.66. The second kappa shape index (κ2) is 5.35. The minimum absolute atomic E-state index is 0.0200. The Morgan fingerprint density at radius 2 is 2.21 bits per heavy atom. The first-order valence-corrected chi connectivity index (χ1v) is 5.51. The van der Waals surface area contributed by atoms with Gasteiger partial charge in [0.05, 0.1) is 0 Å². The highest BCUT2D eigenvalue weighted by atomic mass is 16.5. The monoisotopic (exact) mass is 199 g/mol. The molecule has 0 aromatic carbocycles. The van der Waals surface area contributed by atoms with Crippen LogP contribution in [-0.2, 0) is 9.53 Å². The molecule has 1 aliphatic carbocycles. The van der Waals surface area contributed by atoms with Gasteiger partial charge in [-0.25, -0.2) is 0 Å². The van der Waals surface area contributed by atoms with Crippen molar-refractivity contribution in [2.24, 2.45) is 5.41 Å². The number of rotatable bonds is 6. The van der Waals surface area contributed by atoms with Gasteiger partial charge in [-0.3, -0.25) is 4.79 Å². The predicted octanol–water partition coefficient (Wildman–Crippen LogP) is 1.72. The topological polar surface area (TPSA) is 38.3 Å². The van der Waals surface area contributed by atoms with Crippen molar-refractivity contribution in [2.45, 2.75) is 39.5 Å². The zero-order valence-electron chi connectivity index (χ0n) is 9.27. The number of hydrogen-bond acceptors (Lipinski definition) is 2. The molecule has 0 unspecified atom stereocenters. The summed E-state index contributed by atoms with van der Waals surface area (Å²) in [5.41, 5.74) is 0.362. The highest BCUT2D eigenvalue weighted by Crippen LogP contribution is 2.39. The van der Waals surface area contributed by atoms with Crippen LogP contribution in [0.2, 0.25) is 0 Å². The third-order valence-corrected chi connectivity index (χ3v) is 2.85. The summed E-state index contributed by atoms with van der Waals surface area (Å²) in [4.78, 5) is 11.3. The summed E-state index contributed by atoms with van der Waals surface area (Å²) in [6, 6.07) is 0. The maximum absolute atomic E-state index is 11.3. The van der Waals surface area contributed by atoms with Crippen LogP contribution >= 0.6 is 0 Å². The van der Waals surface area contributed by atoms with Gasteiger partial charge in [0, 0.05) is 13.2 Å². The van der Waals surface area contributed by atoms with Gasteiger partial charge in [-0.2, -0.15) is 0 Å². The molecule has 3 heteroatoms. The summed E-state index contributed by atoms with van der Waals surface area (Å²) in [6.45, 7) is 5.95. The van der Waals surface area contributed by atoms with Crippen molar-refractivity contribution in [3.05, 3.63) is 0 Å². The molecule has 1 fully saturated rings. The normalized spacial score (nSPS) is 18.7. The number of carbonyl (C=O) groups excluding carboxylic acids is 1. The van der Waals surface area contributed by atoms with Crippen molar-refractivity contribution in [1.82, 2.24) is 5.32 Å². The van der Waals surface area contributed by atoms with Crippen molar-refractivity contribution in [1.29, 1.82) is 0 Å².